The van der Waals surface area contributed by atoms with Gasteiger partial charge in [-0.3, -0.25) is 10.2 Å². The van der Waals surface area contributed by atoms with Gasteiger partial charge >= 0.3 is 12.2 Å². The molecule has 0 radical (unpaired) electrons. The molecule has 0 aromatic carbocycles. The van der Waals surface area contributed by atoms with Crippen molar-refractivity contribution in [2.75, 3.05) is 23.4 Å². The van der Waals surface area contributed by atoms with Crippen molar-refractivity contribution in [2.24, 2.45) is 0 Å². The monoisotopic (exact) mass is 402 g/mol. The van der Waals surface area contributed by atoms with Gasteiger partial charge in [0.1, 0.15) is 17.0 Å². The fourth-order valence-electron chi connectivity index (χ4n) is 2.08. The first-order chi connectivity index (χ1) is 11.3. The standard InChI is InChI=1S/C14H10BrF3N4O2/c15-10-3-2-9-12(20-10)22(5-6-24-9)13(23)21-11-4-1-8(7-19-11)14(16,17)18/h1-4,7H,5-6H2,(H,19,21,23). The van der Waals surface area contributed by atoms with Crippen LogP contribution in [0.5, 0.6) is 5.75 Å². The number of halogens is 4. The van der Waals surface area contributed by atoms with Crippen molar-refractivity contribution < 1.29 is 22.7 Å². The number of rotatable bonds is 1. The summed E-state index contributed by atoms with van der Waals surface area (Å²) < 4.78 is 43.5. The number of urea groups is 1. The van der Waals surface area contributed by atoms with Crippen LogP contribution in [0, 0.1) is 0 Å². The fourth-order valence-corrected chi connectivity index (χ4v) is 2.38. The highest BCUT2D eigenvalue weighted by molar-refractivity contribution is 9.10. The number of carbonyl (C=O) groups excluding carboxylic acids is 1. The number of aromatic nitrogens is 2. The van der Waals surface area contributed by atoms with E-state index in [9.17, 15) is 18.0 Å². The van der Waals surface area contributed by atoms with Crippen molar-refractivity contribution in [3.8, 4) is 5.75 Å². The summed E-state index contributed by atoms with van der Waals surface area (Å²) in [6.07, 6.45) is -3.81. The number of ether oxygens (including phenoxy) is 1. The minimum atomic E-state index is -4.48. The van der Waals surface area contributed by atoms with E-state index in [1.807, 2.05) is 0 Å². The molecule has 3 rings (SSSR count). The molecule has 0 unspecified atom stereocenters. The van der Waals surface area contributed by atoms with Crippen LogP contribution in [0.3, 0.4) is 0 Å². The van der Waals surface area contributed by atoms with E-state index in [0.717, 1.165) is 12.1 Å². The number of alkyl halides is 3. The van der Waals surface area contributed by atoms with Crippen LogP contribution in [0.15, 0.2) is 35.1 Å². The van der Waals surface area contributed by atoms with Gasteiger partial charge in [-0.15, -0.1) is 0 Å². The molecule has 0 saturated carbocycles. The summed E-state index contributed by atoms with van der Waals surface area (Å²) in [7, 11) is 0. The van der Waals surface area contributed by atoms with Crippen molar-refractivity contribution in [3.63, 3.8) is 0 Å². The first-order valence-electron chi connectivity index (χ1n) is 6.76. The number of nitrogens with one attached hydrogen (secondary N) is 1. The molecule has 24 heavy (non-hydrogen) atoms. The molecular weight excluding hydrogens is 393 g/mol. The molecule has 2 aromatic rings. The number of hydrogen-bond donors (Lipinski definition) is 1. The van der Waals surface area contributed by atoms with Gasteiger partial charge < -0.3 is 4.74 Å². The van der Waals surface area contributed by atoms with Gasteiger partial charge in [-0.05, 0) is 40.2 Å². The molecule has 1 aliphatic heterocycles. The van der Waals surface area contributed by atoms with E-state index in [0.29, 0.717) is 22.4 Å². The molecule has 0 spiro atoms. The number of anilines is 2. The smallest absolute Gasteiger partial charge is 0.417 e. The minimum Gasteiger partial charge on any atom is -0.488 e. The number of pyridine rings is 2. The number of nitrogens with zero attached hydrogens (tertiary/aromatic N) is 3. The third-order valence-electron chi connectivity index (χ3n) is 3.20. The second-order valence-corrected chi connectivity index (χ2v) is 5.63. The van der Waals surface area contributed by atoms with Crippen molar-refractivity contribution in [2.45, 2.75) is 6.18 Å². The predicted octanol–water partition coefficient (Wildman–Crippen LogP) is 3.69. The minimum absolute atomic E-state index is 0.0102. The Morgan fingerprint density at radius 3 is 2.75 bits per heavy atom. The fraction of sp³-hybridized carbons (Fsp3) is 0.214. The van der Waals surface area contributed by atoms with Crippen molar-refractivity contribution in [1.82, 2.24) is 9.97 Å². The van der Waals surface area contributed by atoms with Gasteiger partial charge in [0.15, 0.2) is 11.6 Å². The molecule has 2 aromatic heterocycles. The summed E-state index contributed by atoms with van der Waals surface area (Å²) in [5.41, 5.74) is -0.886. The van der Waals surface area contributed by atoms with Crippen LogP contribution in [0.25, 0.3) is 0 Å². The Bertz CT molecular complexity index is 768. The Labute approximate surface area is 142 Å². The number of amides is 2. The van der Waals surface area contributed by atoms with Gasteiger partial charge in [-0.1, -0.05) is 0 Å². The molecule has 3 heterocycles. The normalized spacial score (nSPS) is 13.9. The van der Waals surface area contributed by atoms with Crippen molar-refractivity contribution in [3.05, 3.63) is 40.6 Å². The molecule has 1 N–H and O–H groups in total. The summed E-state index contributed by atoms with van der Waals surface area (Å²) >= 11 is 3.22. The molecule has 126 valence electrons. The maximum atomic E-state index is 12.5. The maximum Gasteiger partial charge on any atom is 0.417 e. The Hall–Kier alpha value is -2.36. The third kappa shape index (κ3) is 3.42. The molecule has 10 heteroatoms. The first-order valence-corrected chi connectivity index (χ1v) is 7.55. The highest BCUT2D eigenvalue weighted by atomic mass is 79.9. The van der Waals surface area contributed by atoms with Gasteiger partial charge in [0.25, 0.3) is 0 Å². The first kappa shape index (κ1) is 16.5. The Balaban J connectivity index is 1.78. The van der Waals surface area contributed by atoms with E-state index in [4.69, 9.17) is 4.74 Å². The highest BCUT2D eigenvalue weighted by Gasteiger charge is 2.31. The largest absolute Gasteiger partial charge is 0.488 e. The Morgan fingerprint density at radius 2 is 2.08 bits per heavy atom. The van der Waals surface area contributed by atoms with Crippen LogP contribution in [0.2, 0.25) is 0 Å². The molecule has 0 bridgehead atoms. The van der Waals surface area contributed by atoms with Gasteiger partial charge in [0.05, 0.1) is 12.1 Å². The summed E-state index contributed by atoms with van der Waals surface area (Å²) in [5.74, 6) is 0.774. The number of fused-ring (bicyclic) bond motifs is 1. The predicted molar refractivity (Wildman–Crippen MR) is 83.0 cm³/mol. The van der Waals surface area contributed by atoms with Crippen LogP contribution in [-0.2, 0) is 6.18 Å². The molecule has 0 atom stereocenters. The van der Waals surface area contributed by atoms with E-state index in [1.165, 1.54) is 4.90 Å². The van der Waals surface area contributed by atoms with E-state index >= 15 is 0 Å². The lowest BCUT2D eigenvalue weighted by molar-refractivity contribution is -0.137. The Morgan fingerprint density at radius 1 is 1.29 bits per heavy atom. The maximum absolute atomic E-state index is 12.5. The van der Waals surface area contributed by atoms with Gasteiger partial charge in [0.2, 0.25) is 0 Å². The topological polar surface area (TPSA) is 67.4 Å². The average molecular weight is 403 g/mol. The summed E-state index contributed by atoms with van der Waals surface area (Å²) in [5, 5.41) is 2.45. The second kappa shape index (κ2) is 6.27. The van der Waals surface area contributed by atoms with Crippen molar-refractivity contribution >= 4 is 33.6 Å². The van der Waals surface area contributed by atoms with Gasteiger partial charge in [-0.2, -0.15) is 13.2 Å². The number of carbonyl (C=O) groups is 1. The van der Waals surface area contributed by atoms with E-state index < -0.39 is 17.8 Å². The quantitative estimate of drug-likeness (QED) is 0.738. The van der Waals surface area contributed by atoms with Crippen LogP contribution in [-0.4, -0.2) is 29.2 Å². The molecular formula is C14H10BrF3N4O2. The average Bonchev–Trinajstić information content (AvgIpc) is 2.53. The lowest BCUT2D eigenvalue weighted by atomic mass is 10.3. The lowest BCUT2D eigenvalue weighted by Gasteiger charge is -2.28. The second-order valence-electron chi connectivity index (χ2n) is 4.82. The summed E-state index contributed by atoms with van der Waals surface area (Å²) in [4.78, 5) is 21.5. The van der Waals surface area contributed by atoms with E-state index in [-0.39, 0.29) is 19.0 Å². The van der Waals surface area contributed by atoms with Crippen LogP contribution < -0.4 is 15.0 Å². The highest BCUT2D eigenvalue weighted by Crippen LogP contribution is 2.32. The zero-order valence-corrected chi connectivity index (χ0v) is 13.6. The number of hydrogen-bond acceptors (Lipinski definition) is 4. The molecule has 0 saturated heterocycles. The van der Waals surface area contributed by atoms with Gasteiger partial charge in [0, 0.05) is 6.20 Å². The zero-order valence-electron chi connectivity index (χ0n) is 12.0. The van der Waals surface area contributed by atoms with Crippen LogP contribution in [0.4, 0.5) is 29.6 Å². The van der Waals surface area contributed by atoms with Crippen LogP contribution >= 0.6 is 15.9 Å². The molecule has 1 aliphatic rings. The third-order valence-corrected chi connectivity index (χ3v) is 3.65. The van der Waals surface area contributed by atoms with E-state index in [1.54, 1.807) is 12.1 Å². The molecule has 0 fully saturated rings. The SMILES string of the molecule is O=C(Nc1ccc(C(F)(F)F)cn1)N1CCOc2ccc(Br)nc21. The molecule has 6 nitrogen and oxygen atoms in total. The lowest BCUT2D eigenvalue weighted by Crippen LogP contribution is -2.41. The van der Waals surface area contributed by atoms with E-state index in [2.05, 4.69) is 31.2 Å². The molecule has 0 aliphatic carbocycles. The zero-order chi connectivity index (χ0) is 17.3. The Kier molecular flexibility index (Phi) is 4.31. The summed E-state index contributed by atoms with van der Waals surface area (Å²) in [6.45, 7) is 0.535. The van der Waals surface area contributed by atoms with Crippen LogP contribution in [0.1, 0.15) is 5.56 Å². The van der Waals surface area contributed by atoms with Crippen molar-refractivity contribution in [1.29, 1.82) is 0 Å². The van der Waals surface area contributed by atoms with Gasteiger partial charge in [-0.25, -0.2) is 14.8 Å². The molecule has 2 amide bonds. The summed E-state index contributed by atoms with van der Waals surface area (Å²) in [6, 6.07) is 4.73.